The van der Waals surface area contributed by atoms with Crippen LogP contribution >= 0.6 is 11.8 Å². The third kappa shape index (κ3) is 2.41. The zero-order chi connectivity index (χ0) is 12.5. The van der Waals surface area contributed by atoms with Gasteiger partial charge in [0.1, 0.15) is 0 Å². The molecule has 1 aromatic rings. The minimum absolute atomic E-state index is 0.229. The van der Waals surface area contributed by atoms with Gasteiger partial charge in [0.2, 0.25) is 0 Å². The number of hydrogen-bond donors (Lipinski definition) is 1. The van der Waals surface area contributed by atoms with E-state index in [4.69, 9.17) is 5.11 Å². The van der Waals surface area contributed by atoms with Crippen molar-refractivity contribution >= 4 is 17.7 Å². The molecule has 1 aromatic carbocycles. The first-order valence-electron chi connectivity index (χ1n) is 3.97. The second-order valence-electron chi connectivity index (χ2n) is 2.86. The molecular formula is C9H6F3O3S-. The number of rotatable bonds is 2. The Labute approximate surface area is 92.9 Å². The summed E-state index contributed by atoms with van der Waals surface area (Å²) in [5.41, 5.74) is -1.99. The van der Waals surface area contributed by atoms with E-state index < -0.39 is 29.0 Å². The Bertz CT molecular complexity index is 429. The molecule has 0 aliphatic heterocycles. The average Bonchev–Trinajstić information content (AvgIpc) is 2.15. The summed E-state index contributed by atoms with van der Waals surface area (Å²) in [6.45, 7) is 0. The van der Waals surface area contributed by atoms with Crippen LogP contribution in [0.15, 0.2) is 17.0 Å². The van der Waals surface area contributed by atoms with E-state index in [2.05, 4.69) is 0 Å². The van der Waals surface area contributed by atoms with Gasteiger partial charge in [-0.15, -0.1) is 11.8 Å². The van der Waals surface area contributed by atoms with Gasteiger partial charge in [-0.3, -0.25) is 0 Å². The highest BCUT2D eigenvalue weighted by molar-refractivity contribution is 7.98. The zero-order valence-electron chi connectivity index (χ0n) is 7.96. The van der Waals surface area contributed by atoms with E-state index >= 15 is 0 Å². The molecule has 0 aliphatic rings. The smallest absolute Gasteiger partial charge is 0.415 e. The Morgan fingerprint density at radius 3 is 2.38 bits per heavy atom. The molecule has 3 nitrogen and oxygen atoms in total. The predicted molar refractivity (Wildman–Crippen MR) is 49.6 cm³/mol. The molecule has 0 heterocycles. The summed E-state index contributed by atoms with van der Waals surface area (Å²) in [7, 11) is 0. The molecule has 0 bridgehead atoms. The normalized spacial score (nSPS) is 11.5. The maximum atomic E-state index is 12.4. The summed E-state index contributed by atoms with van der Waals surface area (Å²) in [5, 5.41) is 19.9. The van der Waals surface area contributed by atoms with Gasteiger partial charge in [-0.2, -0.15) is 13.2 Å². The number of carboxylic acid groups (broad SMARTS) is 1. The molecule has 0 unspecified atom stereocenters. The van der Waals surface area contributed by atoms with Crippen LogP contribution in [0.3, 0.4) is 0 Å². The summed E-state index contributed by atoms with van der Waals surface area (Å²) >= 11 is 0.781. The van der Waals surface area contributed by atoms with E-state index in [0.29, 0.717) is 6.07 Å². The molecule has 16 heavy (non-hydrogen) atoms. The molecule has 1 rings (SSSR count). The van der Waals surface area contributed by atoms with Gasteiger partial charge in [0.05, 0.1) is 5.56 Å². The molecule has 0 aromatic heterocycles. The summed E-state index contributed by atoms with van der Waals surface area (Å²) < 4.78 is 37.2. The van der Waals surface area contributed by atoms with Crippen molar-refractivity contribution in [3.05, 3.63) is 23.3 Å². The van der Waals surface area contributed by atoms with Gasteiger partial charge in [0, 0.05) is 10.5 Å². The lowest BCUT2D eigenvalue weighted by molar-refractivity contribution is -0.280. The molecule has 1 N–H and O–H groups in total. The molecule has 0 amide bonds. The number of benzene rings is 1. The largest absolute Gasteiger partial charge is 0.871 e. The molecule has 0 saturated carbocycles. The highest BCUT2D eigenvalue weighted by Crippen LogP contribution is 2.39. The van der Waals surface area contributed by atoms with Crippen molar-refractivity contribution in [3.63, 3.8) is 0 Å². The fourth-order valence-corrected chi connectivity index (χ4v) is 1.63. The Kier molecular flexibility index (Phi) is 3.37. The molecule has 0 fully saturated rings. The molecule has 88 valence electrons. The van der Waals surface area contributed by atoms with Crippen molar-refractivity contribution < 1.29 is 28.2 Å². The maximum absolute atomic E-state index is 12.4. The van der Waals surface area contributed by atoms with Gasteiger partial charge >= 0.3 is 12.1 Å². The Morgan fingerprint density at radius 1 is 1.44 bits per heavy atom. The highest BCUT2D eigenvalue weighted by atomic mass is 32.2. The first-order chi connectivity index (χ1) is 7.27. The second kappa shape index (κ2) is 4.25. The fraction of sp³-hybridized carbons (Fsp3) is 0.222. The molecule has 0 aliphatic carbocycles. The summed E-state index contributed by atoms with van der Waals surface area (Å²) in [4.78, 5) is 10.4. The van der Waals surface area contributed by atoms with Crippen molar-refractivity contribution in [1.29, 1.82) is 0 Å². The summed E-state index contributed by atoms with van der Waals surface area (Å²) in [5.74, 6) is -2.69. The number of carboxylic acids is 1. The van der Waals surface area contributed by atoms with E-state index in [1.165, 1.54) is 6.26 Å². The van der Waals surface area contributed by atoms with Crippen LogP contribution in [0, 0.1) is 0 Å². The summed E-state index contributed by atoms with van der Waals surface area (Å²) in [6, 6.07) is 1.29. The quantitative estimate of drug-likeness (QED) is 0.818. The fourth-order valence-electron chi connectivity index (χ4n) is 1.09. The lowest BCUT2D eigenvalue weighted by Gasteiger charge is -2.20. The average molecular weight is 251 g/mol. The molecule has 0 radical (unpaired) electrons. The third-order valence-corrected chi connectivity index (χ3v) is 2.57. The van der Waals surface area contributed by atoms with Crippen LogP contribution in [-0.2, 0) is 6.18 Å². The van der Waals surface area contributed by atoms with Crippen LogP contribution in [0.25, 0.3) is 0 Å². The van der Waals surface area contributed by atoms with Gasteiger partial charge in [0.25, 0.3) is 0 Å². The van der Waals surface area contributed by atoms with Crippen LogP contribution in [0.1, 0.15) is 15.9 Å². The Balaban J connectivity index is 3.48. The molecule has 0 atom stereocenters. The highest BCUT2D eigenvalue weighted by Gasteiger charge is 2.32. The van der Waals surface area contributed by atoms with Gasteiger partial charge in [-0.25, -0.2) is 4.79 Å². The zero-order valence-corrected chi connectivity index (χ0v) is 8.78. The number of hydrogen-bond acceptors (Lipinski definition) is 3. The molecule has 0 saturated heterocycles. The minimum atomic E-state index is -4.84. The van der Waals surface area contributed by atoms with Crippen LogP contribution < -0.4 is 5.11 Å². The standard InChI is InChI=1S/C9H7F3O3S/c1-16-6-3-4(8(14)15)2-5(7(6)13)9(10,11)12/h2-3,13H,1H3,(H,14,15)/p-1. The van der Waals surface area contributed by atoms with E-state index in [9.17, 15) is 23.1 Å². The number of alkyl halides is 3. The first-order valence-corrected chi connectivity index (χ1v) is 5.19. The number of halogens is 3. The third-order valence-electron chi connectivity index (χ3n) is 1.83. The van der Waals surface area contributed by atoms with Crippen LogP contribution in [0.5, 0.6) is 5.75 Å². The van der Waals surface area contributed by atoms with Gasteiger partial charge < -0.3 is 10.2 Å². The lowest BCUT2D eigenvalue weighted by Crippen LogP contribution is -2.12. The molecule has 7 heteroatoms. The molecule has 0 spiro atoms. The maximum Gasteiger partial charge on any atom is 0.415 e. The SMILES string of the molecule is CSc1cc(C(=O)O)cc(C(F)(F)F)c1[O-]. The number of carbonyl (C=O) groups is 1. The second-order valence-corrected chi connectivity index (χ2v) is 3.71. The molecular weight excluding hydrogens is 245 g/mol. The van der Waals surface area contributed by atoms with Crippen LogP contribution in [-0.4, -0.2) is 17.3 Å². The van der Waals surface area contributed by atoms with Gasteiger partial charge in [-0.05, 0) is 18.4 Å². The number of aromatic carboxylic acids is 1. The van der Waals surface area contributed by atoms with Crippen LogP contribution in [0.2, 0.25) is 0 Å². The van der Waals surface area contributed by atoms with Gasteiger partial charge in [0.15, 0.2) is 0 Å². The number of thioether (sulfide) groups is 1. The van der Waals surface area contributed by atoms with Crippen molar-refractivity contribution in [1.82, 2.24) is 0 Å². The lowest BCUT2D eigenvalue weighted by atomic mass is 10.1. The summed E-state index contributed by atoms with van der Waals surface area (Å²) in [6.07, 6.45) is -3.43. The van der Waals surface area contributed by atoms with Crippen molar-refractivity contribution in [2.75, 3.05) is 6.26 Å². The minimum Gasteiger partial charge on any atom is -0.871 e. The Hall–Kier alpha value is -1.37. The van der Waals surface area contributed by atoms with Crippen LogP contribution in [0.4, 0.5) is 13.2 Å². The first kappa shape index (κ1) is 12.7. The van der Waals surface area contributed by atoms with Crippen molar-refractivity contribution in [2.45, 2.75) is 11.1 Å². The van der Waals surface area contributed by atoms with E-state index in [1.54, 1.807) is 0 Å². The van der Waals surface area contributed by atoms with E-state index in [0.717, 1.165) is 17.8 Å². The van der Waals surface area contributed by atoms with Gasteiger partial charge in [-0.1, -0.05) is 5.75 Å². The monoisotopic (exact) mass is 251 g/mol. The topological polar surface area (TPSA) is 60.4 Å². The van der Waals surface area contributed by atoms with E-state index in [-0.39, 0.29) is 4.90 Å². The van der Waals surface area contributed by atoms with E-state index in [1.807, 2.05) is 0 Å². The predicted octanol–water partition coefficient (Wildman–Crippen LogP) is 2.20. The van der Waals surface area contributed by atoms with Crippen molar-refractivity contribution in [2.24, 2.45) is 0 Å². The Morgan fingerprint density at radius 2 is 2.00 bits per heavy atom. The van der Waals surface area contributed by atoms with Crippen molar-refractivity contribution in [3.8, 4) is 5.75 Å².